The summed E-state index contributed by atoms with van der Waals surface area (Å²) in [6.07, 6.45) is 8.65. The topological polar surface area (TPSA) is 26.3 Å². The van der Waals surface area contributed by atoms with Crippen molar-refractivity contribution in [1.29, 1.82) is 0 Å². The first kappa shape index (κ1) is 12.2. The van der Waals surface area contributed by atoms with E-state index in [4.69, 9.17) is 11.2 Å². The van der Waals surface area contributed by atoms with Crippen molar-refractivity contribution >= 4 is 5.78 Å². The van der Waals surface area contributed by atoms with Crippen molar-refractivity contribution in [3.05, 3.63) is 0 Å². The molecule has 13 heavy (non-hydrogen) atoms. The third kappa shape index (κ3) is 5.43. The zero-order chi connectivity index (χ0) is 10.1. The SMILES string of the molecule is C#CCCCC(=O)C(CCC)OC. The molecule has 0 aliphatic heterocycles. The molecule has 0 amide bonds. The van der Waals surface area contributed by atoms with Crippen LogP contribution in [0.4, 0.5) is 0 Å². The first-order valence-electron chi connectivity index (χ1n) is 4.75. The maximum Gasteiger partial charge on any atom is 0.161 e. The van der Waals surface area contributed by atoms with E-state index in [9.17, 15) is 4.79 Å². The molecule has 0 aromatic carbocycles. The molecule has 2 nitrogen and oxygen atoms in total. The van der Waals surface area contributed by atoms with Gasteiger partial charge in [-0.1, -0.05) is 13.3 Å². The third-order valence-corrected chi connectivity index (χ3v) is 1.94. The molecule has 0 radical (unpaired) electrons. The van der Waals surface area contributed by atoms with E-state index in [0.717, 1.165) is 19.3 Å². The smallest absolute Gasteiger partial charge is 0.161 e. The highest BCUT2D eigenvalue weighted by atomic mass is 16.5. The molecule has 0 fully saturated rings. The highest BCUT2D eigenvalue weighted by molar-refractivity contribution is 5.82. The Bertz CT molecular complexity index is 179. The van der Waals surface area contributed by atoms with Gasteiger partial charge in [-0.15, -0.1) is 12.3 Å². The molecule has 0 spiro atoms. The minimum Gasteiger partial charge on any atom is -0.374 e. The summed E-state index contributed by atoms with van der Waals surface area (Å²) >= 11 is 0. The molecular weight excluding hydrogens is 164 g/mol. The van der Waals surface area contributed by atoms with Crippen molar-refractivity contribution in [2.45, 2.75) is 45.1 Å². The first-order chi connectivity index (χ1) is 6.26. The lowest BCUT2D eigenvalue weighted by Crippen LogP contribution is -2.22. The maximum atomic E-state index is 11.4. The van der Waals surface area contributed by atoms with Gasteiger partial charge in [0.05, 0.1) is 0 Å². The minimum atomic E-state index is -0.220. The van der Waals surface area contributed by atoms with Crippen LogP contribution in [0, 0.1) is 12.3 Å². The number of methoxy groups -OCH3 is 1. The van der Waals surface area contributed by atoms with Crippen LogP contribution in [0.15, 0.2) is 0 Å². The predicted molar refractivity (Wildman–Crippen MR) is 53.4 cm³/mol. The lowest BCUT2D eigenvalue weighted by atomic mass is 10.1. The standard InChI is InChI=1S/C11H18O2/c1-4-6-7-9-10(12)11(13-3)8-5-2/h1,11H,5-9H2,2-3H3. The quantitative estimate of drug-likeness (QED) is 0.445. The molecule has 0 aromatic rings. The van der Waals surface area contributed by atoms with Gasteiger partial charge in [0, 0.05) is 20.0 Å². The van der Waals surface area contributed by atoms with Crippen LogP contribution in [0.1, 0.15) is 39.0 Å². The normalized spacial score (nSPS) is 12.1. The van der Waals surface area contributed by atoms with Crippen LogP contribution in [-0.4, -0.2) is 19.0 Å². The van der Waals surface area contributed by atoms with E-state index in [0.29, 0.717) is 12.8 Å². The Kier molecular flexibility index (Phi) is 7.33. The molecule has 0 bridgehead atoms. The molecule has 1 unspecified atom stereocenters. The van der Waals surface area contributed by atoms with Crippen LogP contribution < -0.4 is 0 Å². The summed E-state index contributed by atoms with van der Waals surface area (Å²) in [5.41, 5.74) is 0. The van der Waals surface area contributed by atoms with Gasteiger partial charge >= 0.3 is 0 Å². The molecule has 2 heteroatoms. The lowest BCUT2D eigenvalue weighted by Gasteiger charge is -2.12. The Morgan fingerprint density at radius 3 is 2.77 bits per heavy atom. The molecule has 1 atom stereocenters. The molecular formula is C11H18O2. The summed E-state index contributed by atoms with van der Waals surface area (Å²) in [6.45, 7) is 2.04. The molecule has 0 heterocycles. The van der Waals surface area contributed by atoms with E-state index >= 15 is 0 Å². The molecule has 0 aliphatic rings. The Morgan fingerprint density at radius 1 is 1.62 bits per heavy atom. The zero-order valence-electron chi connectivity index (χ0n) is 8.51. The van der Waals surface area contributed by atoms with Gasteiger partial charge in [-0.05, 0) is 12.8 Å². The van der Waals surface area contributed by atoms with E-state index < -0.39 is 0 Å². The second-order valence-electron chi connectivity index (χ2n) is 3.04. The largest absolute Gasteiger partial charge is 0.374 e. The molecule has 0 N–H and O–H groups in total. The van der Waals surface area contributed by atoms with E-state index in [-0.39, 0.29) is 11.9 Å². The number of Topliss-reactive ketones (excluding diaryl/α,β-unsaturated/α-hetero) is 1. The number of ether oxygens (including phenoxy) is 1. The van der Waals surface area contributed by atoms with E-state index in [2.05, 4.69) is 5.92 Å². The zero-order valence-corrected chi connectivity index (χ0v) is 8.51. The van der Waals surface area contributed by atoms with Crippen LogP contribution in [-0.2, 0) is 9.53 Å². The van der Waals surface area contributed by atoms with Gasteiger partial charge in [0.15, 0.2) is 5.78 Å². The average molecular weight is 182 g/mol. The molecule has 74 valence electrons. The predicted octanol–water partition coefficient (Wildman–Crippen LogP) is 2.17. The number of terminal acetylenes is 1. The second kappa shape index (κ2) is 7.82. The van der Waals surface area contributed by atoms with Crippen molar-refractivity contribution in [3.63, 3.8) is 0 Å². The van der Waals surface area contributed by atoms with E-state index in [1.165, 1.54) is 0 Å². The highest BCUT2D eigenvalue weighted by Gasteiger charge is 2.15. The summed E-state index contributed by atoms with van der Waals surface area (Å²) in [7, 11) is 1.58. The molecule has 0 saturated carbocycles. The van der Waals surface area contributed by atoms with Crippen molar-refractivity contribution in [2.24, 2.45) is 0 Å². The summed E-state index contributed by atoms with van der Waals surface area (Å²) < 4.78 is 5.08. The van der Waals surface area contributed by atoms with Gasteiger partial charge in [-0.25, -0.2) is 0 Å². The van der Waals surface area contributed by atoms with E-state index in [1.807, 2.05) is 6.92 Å². The lowest BCUT2D eigenvalue weighted by molar-refractivity contribution is -0.129. The van der Waals surface area contributed by atoms with Crippen LogP contribution >= 0.6 is 0 Å². The number of carbonyl (C=O) groups excluding carboxylic acids is 1. The van der Waals surface area contributed by atoms with E-state index in [1.54, 1.807) is 7.11 Å². The summed E-state index contributed by atoms with van der Waals surface area (Å²) in [6, 6.07) is 0. The fraction of sp³-hybridized carbons (Fsp3) is 0.727. The maximum absolute atomic E-state index is 11.4. The average Bonchev–Trinajstić information content (AvgIpc) is 2.14. The van der Waals surface area contributed by atoms with Crippen molar-refractivity contribution in [1.82, 2.24) is 0 Å². The Labute approximate surface area is 80.7 Å². The Morgan fingerprint density at radius 2 is 2.31 bits per heavy atom. The molecule has 0 saturated heterocycles. The highest BCUT2D eigenvalue weighted by Crippen LogP contribution is 2.07. The second-order valence-corrected chi connectivity index (χ2v) is 3.04. The number of hydrogen-bond acceptors (Lipinski definition) is 2. The number of unbranched alkanes of at least 4 members (excludes halogenated alkanes) is 1. The minimum absolute atomic E-state index is 0.180. The monoisotopic (exact) mass is 182 g/mol. The van der Waals surface area contributed by atoms with Gasteiger partial charge in [0.2, 0.25) is 0 Å². The Hall–Kier alpha value is -0.810. The Balaban J connectivity index is 3.72. The fourth-order valence-corrected chi connectivity index (χ4v) is 1.20. The number of ketones is 1. The van der Waals surface area contributed by atoms with Gasteiger partial charge in [-0.3, -0.25) is 4.79 Å². The van der Waals surface area contributed by atoms with Gasteiger partial charge in [0.25, 0.3) is 0 Å². The van der Waals surface area contributed by atoms with Crippen molar-refractivity contribution in [3.8, 4) is 12.3 Å². The number of hydrogen-bond donors (Lipinski definition) is 0. The molecule has 0 aromatic heterocycles. The van der Waals surface area contributed by atoms with Crippen molar-refractivity contribution in [2.75, 3.05) is 7.11 Å². The number of rotatable bonds is 7. The van der Waals surface area contributed by atoms with Crippen LogP contribution in [0.2, 0.25) is 0 Å². The molecule has 0 rings (SSSR count). The molecule has 0 aliphatic carbocycles. The summed E-state index contributed by atoms with van der Waals surface area (Å²) in [4.78, 5) is 11.4. The summed E-state index contributed by atoms with van der Waals surface area (Å²) in [5.74, 6) is 2.70. The van der Waals surface area contributed by atoms with Gasteiger partial charge in [0.1, 0.15) is 6.10 Å². The first-order valence-corrected chi connectivity index (χ1v) is 4.75. The van der Waals surface area contributed by atoms with Gasteiger partial charge < -0.3 is 4.74 Å². The summed E-state index contributed by atoms with van der Waals surface area (Å²) in [5, 5.41) is 0. The van der Waals surface area contributed by atoms with Gasteiger partial charge in [-0.2, -0.15) is 0 Å². The van der Waals surface area contributed by atoms with Crippen LogP contribution in [0.25, 0.3) is 0 Å². The van der Waals surface area contributed by atoms with Crippen LogP contribution in [0.3, 0.4) is 0 Å². The number of carbonyl (C=O) groups is 1. The third-order valence-electron chi connectivity index (χ3n) is 1.94. The fourth-order valence-electron chi connectivity index (χ4n) is 1.20. The van der Waals surface area contributed by atoms with Crippen molar-refractivity contribution < 1.29 is 9.53 Å². The van der Waals surface area contributed by atoms with Crippen LogP contribution in [0.5, 0.6) is 0 Å².